The number of phenols is 1. The summed E-state index contributed by atoms with van der Waals surface area (Å²) in [7, 11) is -2.34. The van der Waals surface area contributed by atoms with Crippen LogP contribution in [0, 0.1) is 0 Å². The highest BCUT2D eigenvalue weighted by Gasteiger charge is 2.24. The van der Waals surface area contributed by atoms with E-state index >= 15 is 0 Å². The molecule has 0 saturated heterocycles. The third-order valence-corrected chi connectivity index (χ3v) is 5.97. The minimum absolute atomic E-state index is 0.0762. The number of ether oxygens (including phenoxy) is 1. The number of sulfonamides is 1. The van der Waals surface area contributed by atoms with Crippen molar-refractivity contribution >= 4 is 27.0 Å². The molecule has 1 heterocycles. The van der Waals surface area contributed by atoms with E-state index in [1.807, 2.05) is 0 Å². The summed E-state index contributed by atoms with van der Waals surface area (Å²) in [4.78, 5) is 4.02. The summed E-state index contributed by atoms with van der Waals surface area (Å²) in [5.74, 6) is 0.387. The molecule has 9 heteroatoms. The van der Waals surface area contributed by atoms with Crippen LogP contribution in [-0.2, 0) is 16.6 Å². The maximum absolute atomic E-state index is 12.8. The first-order valence-electron chi connectivity index (χ1n) is 7.56. The van der Waals surface area contributed by atoms with Crippen LogP contribution in [0.15, 0.2) is 52.9 Å². The van der Waals surface area contributed by atoms with Crippen LogP contribution >= 0.6 is 11.3 Å². The fraction of sp³-hybridized carbons (Fsp3) is 0.118. The number of hydrogen-bond acceptors (Lipinski definition) is 7. The molecule has 4 N–H and O–H groups in total. The number of nitrogens with zero attached hydrogens (tertiary/aromatic N) is 1. The molecule has 1 aromatic heterocycles. The Morgan fingerprint density at radius 1 is 1.23 bits per heavy atom. The number of nitrogen functional groups attached to an aromatic ring is 1. The van der Waals surface area contributed by atoms with Crippen LogP contribution in [0.3, 0.4) is 0 Å². The second kappa shape index (κ2) is 7.32. The first kappa shape index (κ1) is 18.2. The molecule has 0 amide bonds. The van der Waals surface area contributed by atoms with Gasteiger partial charge in [0.15, 0.2) is 0 Å². The molecule has 0 fully saturated rings. The van der Waals surface area contributed by atoms with E-state index in [4.69, 9.17) is 10.5 Å². The van der Waals surface area contributed by atoms with E-state index in [0.29, 0.717) is 10.8 Å². The van der Waals surface area contributed by atoms with Crippen LogP contribution in [0.25, 0.3) is 10.6 Å². The summed E-state index contributed by atoms with van der Waals surface area (Å²) in [5, 5.41) is 12.4. The van der Waals surface area contributed by atoms with Crippen molar-refractivity contribution in [1.29, 1.82) is 0 Å². The fourth-order valence-electron chi connectivity index (χ4n) is 2.37. The molecule has 0 aliphatic heterocycles. The Kier molecular flexibility index (Phi) is 5.12. The van der Waals surface area contributed by atoms with E-state index in [1.165, 1.54) is 29.7 Å². The van der Waals surface area contributed by atoms with Gasteiger partial charge in [0.1, 0.15) is 16.5 Å². The van der Waals surface area contributed by atoms with E-state index in [0.717, 1.165) is 5.56 Å². The Labute approximate surface area is 155 Å². The minimum Gasteiger partial charge on any atom is -0.505 e. The summed E-state index contributed by atoms with van der Waals surface area (Å²) < 4.78 is 33.2. The number of nitrogens with one attached hydrogen (secondary N) is 1. The molecule has 2 aromatic carbocycles. The number of aromatic nitrogens is 1. The molecule has 26 heavy (non-hydrogen) atoms. The zero-order valence-corrected chi connectivity index (χ0v) is 15.5. The van der Waals surface area contributed by atoms with Crippen molar-refractivity contribution in [3.05, 3.63) is 53.5 Å². The largest absolute Gasteiger partial charge is 0.505 e. The van der Waals surface area contributed by atoms with E-state index in [1.54, 1.807) is 36.8 Å². The van der Waals surface area contributed by atoms with E-state index in [2.05, 4.69) is 9.71 Å². The topological polar surface area (TPSA) is 115 Å². The Morgan fingerprint density at radius 2 is 1.96 bits per heavy atom. The number of hydrogen-bond donors (Lipinski definition) is 3. The van der Waals surface area contributed by atoms with E-state index in [-0.39, 0.29) is 28.4 Å². The Bertz CT molecular complexity index is 1000. The van der Waals surface area contributed by atoms with Gasteiger partial charge in [0.05, 0.1) is 23.3 Å². The molecule has 0 radical (unpaired) electrons. The smallest absolute Gasteiger partial charge is 0.241 e. The van der Waals surface area contributed by atoms with Crippen LogP contribution in [0.5, 0.6) is 11.5 Å². The first-order chi connectivity index (χ1) is 12.4. The molecule has 3 aromatic rings. The van der Waals surface area contributed by atoms with Gasteiger partial charge in [0, 0.05) is 18.1 Å². The fourth-order valence-corrected chi connectivity index (χ4v) is 4.35. The second-order valence-corrected chi connectivity index (χ2v) is 8.02. The van der Waals surface area contributed by atoms with Gasteiger partial charge in [-0.2, -0.15) is 0 Å². The number of anilines is 1. The van der Waals surface area contributed by atoms with Crippen molar-refractivity contribution in [2.45, 2.75) is 11.4 Å². The Morgan fingerprint density at radius 3 is 2.58 bits per heavy atom. The maximum atomic E-state index is 12.8. The third kappa shape index (κ3) is 3.64. The van der Waals surface area contributed by atoms with Crippen molar-refractivity contribution in [3.8, 4) is 22.1 Å². The molecular formula is C17H17N3O4S2. The number of aromatic hydroxyl groups is 1. The SMILES string of the molecule is COc1ccc(CNS(=O)(=O)c2ccc(N)c(O)c2-c2nccs2)cc1. The number of rotatable bonds is 6. The summed E-state index contributed by atoms with van der Waals surface area (Å²) >= 11 is 1.21. The number of benzene rings is 2. The van der Waals surface area contributed by atoms with Crippen LogP contribution in [-0.4, -0.2) is 25.6 Å². The monoisotopic (exact) mass is 391 g/mol. The summed E-state index contributed by atoms with van der Waals surface area (Å²) in [6.07, 6.45) is 1.53. The molecule has 136 valence electrons. The third-order valence-electron chi connectivity index (χ3n) is 3.73. The van der Waals surface area contributed by atoms with Gasteiger partial charge >= 0.3 is 0 Å². The lowest BCUT2D eigenvalue weighted by atomic mass is 10.2. The van der Waals surface area contributed by atoms with Gasteiger partial charge in [0.2, 0.25) is 10.0 Å². The lowest BCUT2D eigenvalue weighted by Gasteiger charge is -2.13. The number of methoxy groups -OCH3 is 1. The van der Waals surface area contributed by atoms with Crippen molar-refractivity contribution < 1.29 is 18.3 Å². The highest BCUT2D eigenvalue weighted by Crippen LogP contribution is 2.40. The zero-order valence-electron chi connectivity index (χ0n) is 13.8. The van der Waals surface area contributed by atoms with Crippen LogP contribution in [0.2, 0.25) is 0 Å². The average molecular weight is 391 g/mol. The van der Waals surface area contributed by atoms with Gasteiger partial charge in [-0.1, -0.05) is 12.1 Å². The zero-order chi connectivity index (χ0) is 18.7. The highest BCUT2D eigenvalue weighted by atomic mass is 32.2. The number of nitrogens with two attached hydrogens (primary N) is 1. The number of thiazole rings is 1. The van der Waals surface area contributed by atoms with Crippen molar-refractivity contribution in [1.82, 2.24) is 9.71 Å². The van der Waals surface area contributed by atoms with Gasteiger partial charge in [-0.05, 0) is 29.8 Å². The molecule has 0 bridgehead atoms. The van der Waals surface area contributed by atoms with Gasteiger partial charge in [-0.25, -0.2) is 18.1 Å². The van der Waals surface area contributed by atoms with Gasteiger partial charge in [-0.15, -0.1) is 11.3 Å². The van der Waals surface area contributed by atoms with Crippen LogP contribution in [0.4, 0.5) is 5.69 Å². The maximum Gasteiger partial charge on any atom is 0.241 e. The molecule has 7 nitrogen and oxygen atoms in total. The lowest BCUT2D eigenvalue weighted by molar-refractivity contribution is 0.414. The minimum atomic E-state index is -3.90. The van der Waals surface area contributed by atoms with Crippen molar-refractivity contribution in [2.75, 3.05) is 12.8 Å². The van der Waals surface area contributed by atoms with Gasteiger partial charge in [-0.3, -0.25) is 0 Å². The molecular weight excluding hydrogens is 374 g/mol. The molecule has 0 spiro atoms. The standard InChI is InChI=1S/C17H17N3O4S2/c1-24-12-4-2-11(3-5-12)10-20-26(22,23)14-7-6-13(18)16(21)15(14)17-19-8-9-25-17/h2-9,20-21H,10,18H2,1H3. The molecule has 3 rings (SSSR count). The van der Waals surface area contributed by atoms with Gasteiger partial charge in [0.25, 0.3) is 0 Å². The second-order valence-electron chi connectivity index (χ2n) is 5.39. The average Bonchev–Trinajstić information content (AvgIpc) is 3.16. The van der Waals surface area contributed by atoms with E-state index < -0.39 is 10.0 Å². The summed E-state index contributed by atoms with van der Waals surface area (Å²) in [5.41, 5.74) is 6.69. The summed E-state index contributed by atoms with van der Waals surface area (Å²) in [6, 6.07) is 9.75. The molecule has 0 saturated carbocycles. The van der Waals surface area contributed by atoms with Crippen LogP contribution in [0.1, 0.15) is 5.56 Å². The number of phenolic OH excluding ortho intramolecular Hbond substituents is 1. The van der Waals surface area contributed by atoms with Crippen molar-refractivity contribution in [3.63, 3.8) is 0 Å². The Balaban J connectivity index is 1.93. The summed E-state index contributed by atoms with van der Waals surface area (Å²) in [6.45, 7) is 0.0920. The first-order valence-corrected chi connectivity index (χ1v) is 9.92. The molecule has 0 unspecified atom stereocenters. The van der Waals surface area contributed by atoms with Gasteiger partial charge < -0.3 is 15.6 Å². The Hall–Kier alpha value is -2.62. The van der Waals surface area contributed by atoms with E-state index in [9.17, 15) is 13.5 Å². The predicted octanol–water partition coefficient (Wildman–Crippen LogP) is 2.59. The molecule has 0 aliphatic carbocycles. The molecule has 0 atom stereocenters. The lowest BCUT2D eigenvalue weighted by Crippen LogP contribution is -2.24. The molecule has 0 aliphatic rings. The van der Waals surface area contributed by atoms with Crippen LogP contribution < -0.4 is 15.2 Å². The highest BCUT2D eigenvalue weighted by molar-refractivity contribution is 7.89. The quantitative estimate of drug-likeness (QED) is 0.439. The predicted molar refractivity (Wildman–Crippen MR) is 101 cm³/mol. The van der Waals surface area contributed by atoms with Crippen molar-refractivity contribution in [2.24, 2.45) is 0 Å². The normalized spacial score (nSPS) is 11.4.